The smallest absolute Gasteiger partial charge is 0.375 e. The minimum atomic E-state index is -4.72. The second kappa shape index (κ2) is 11.7. The van der Waals surface area contributed by atoms with Crippen LogP contribution in [0, 0.1) is 17.2 Å². The second-order valence-corrected chi connectivity index (χ2v) is 8.61. The summed E-state index contributed by atoms with van der Waals surface area (Å²) in [6, 6.07) is 5.51. The normalized spacial score (nSPS) is 22.8. The van der Waals surface area contributed by atoms with Crippen molar-refractivity contribution in [2.24, 2.45) is 5.92 Å². The highest BCUT2D eigenvalue weighted by molar-refractivity contribution is 5.80. The molecule has 13 heteroatoms. The number of anilines is 1. The highest BCUT2D eigenvalue weighted by Crippen LogP contribution is 2.32. The van der Waals surface area contributed by atoms with Gasteiger partial charge in [0.2, 0.25) is 11.8 Å². The summed E-state index contributed by atoms with van der Waals surface area (Å²) < 4.78 is 50.7. The molecule has 0 bridgehead atoms. The Hall–Kier alpha value is -2.95. The Labute approximate surface area is 201 Å². The van der Waals surface area contributed by atoms with Crippen LogP contribution in [0.25, 0.3) is 0 Å². The van der Waals surface area contributed by atoms with Crippen LogP contribution in [-0.4, -0.2) is 85.5 Å². The van der Waals surface area contributed by atoms with Gasteiger partial charge in [0.05, 0.1) is 36.9 Å². The van der Waals surface area contributed by atoms with Gasteiger partial charge in [-0.25, -0.2) is 10.4 Å². The Morgan fingerprint density at radius 3 is 2.57 bits per heavy atom. The Balaban J connectivity index is 1.40. The number of aromatic nitrogens is 1. The topological polar surface area (TPSA) is 120 Å². The van der Waals surface area contributed by atoms with Crippen LogP contribution in [0.4, 0.5) is 19.0 Å². The summed E-state index contributed by atoms with van der Waals surface area (Å²) in [5.74, 6) is -2.77. The first-order chi connectivity index (χ1) is 16.6. The quantitative estimate of drug-likeness (QED) is 0.545. The summed E-state index contributed by atoms with van der Waals surface area (Å²) in [5.41, 5.74) is 4.87. The van der Waals surface area contributed by atoms with Crippen LogP contribution in [0.3, 0.4) is 0 Å². The van der Waals surface area contributed by atoms with Crippen molar-refractivity contribution in [2.75, 3.05) is 44.2 Å². The zero-order valence-electron chi connectivity index (χ0n) is 19.5. The fourth-order valence-electron chi connectivity index (χ4n) is 3.98. The lowest BCUT2D eigenvalue weighted by Gasteiger charge is -2.36. The SMILES string of the molecule is C[C@H](CC(=O)N1CCN(c2ccc(C#N)cn2)CC1)OC[C@H](C)OC1CNNC(=O)C1C(F)(F)F. The van der Waals surface area contributed by atoms with Crippen LogP contribution < -0.4 is 15.8 Å². The van der Waals surface area contributed by atoms with Crippen molar-refractivity contribution < 1.29 is 32.2 Å². The number of nitrogens with zero attached hydrogens (tertiary/aromatic N) is 4. The molecule has 1 aromatic rings. The molecule has 3 rings (SSSR count). The zero-order valence-corrected chi connectivity index (χ0v) is 19.5. The monoisotopic (exact) mass is 498 g/mol. The molecular weight excluding hydrogens is 469 g/mol. The van der Waals surface area contributed by atoms with Gasteiger partial charge in [-0.05, 0) is 26.0 Å². The minimum Gasteiger partial charge on any atom is -0.375 e. The number of halogens is 3. The molecular formula is C22H29F3N6O4. The van der Waals surface area contributed by atoms with Crippen molar-refractivity contribution in [3.63, 3.8) is 0 Å². The first-order valence-electron chi connectivity index (χ1n) is 11.3. The summed E-state index contributed by atoms with van der Waals surface area (Å²) in [7, 11) is 0. The number of hydrazine groups is 1. The number of nitriles is 1. The van der Waals surface area contributed by atoms with Crippen LogP contribution >= 0.6 is 0 Å². The molecule has 0 aliphatic carbocycles. The first-order valence-corrected chi connectivity index (χ1v) is 11.3. The van der Waals surface area contributed by atoms with Crippen LogP contribution in [0.15, 0.2) is 18.3 Å². The average Bonchev–Trinajstić information content (AvgIpc) is 2.82. The molecule has 192 valence electrons. The second-order valence-electron chi connectivity index (χ2n) is 8.61. The van der Waals surface area contributed by atoms with Crippen LogP contribution in [0.1, 0.15) is 25.8 Å². The zero-order chi connectivity index (χ0) is 25.6. The lowest BCUT2D eigenvalue weighted by atomic mass is 9.99. The number of rotatable bonds is 8. The van der Waals surface area contributed by atoms with Crippen LogP contribution in [0.5, 0.6) is 0 Å². The lowest BCUT2D eigenvalue weighted by molar-refractivity contribution is -0.220. The van der Waals surface area contributed by atoms with Gasteiger partial charge in [0.15, 0.2) is 5.92 Å². The highest BCUT2D eigenvalue weighted by atomic mass is 19.4. The number of hydrogen-bond acceptors (Lipinski definition) is 8. The number of carbonyl (C=O) groups is 2. The summed E-state index contributed by atoms with van der Waals surface area (Å²) in [6.45, 7) is 5.32. The molecule has 2 unspecified atom stereocenters. The van der Waals surface area contributed by atoms with Crippen molar-refractivity contribution in [3.05, 3.63) is 23.9 Å². The Bertz CT molecular complexity index is 915. The van der Waals surface area contributed by atoms with E-state index >= 15 is 0 Å². The third-order valence-corrected chi connectivity index (χ3v) is 5.84. The van der Waals surface area contributed by atoms with E-state index in [0.29, 0.717) is 31.7 Å². The van der Waals surface area contributed by atoms with Crippen molar-refractivity contribution >= 4 is 17.6 Å². The molecule has 3 heterocycles. The van der Waals surface area contributed by atoms with E-state index in [0.717, 1.165) is 5.82 Å². The molecule has 2 saturated heterocycles. The number of hydrogen-bond donors (Lipinski definition) is 2. The van der Waals surface area contributed by atoms with Gasteiger partial charge >= 0.3 is 6.18 Å². The number of piperazine rings is 1. The van der Waals surface area contributed by atoms with Gasteiger partial charge in [-0.3, -0.25) is 15.0 Å². The Morgan fingerprint density at radius 2 is 1.97 bits per heavy atom. The molecule has 2 aliphatic rings. The minimum absolute atomic E-state index is 0.0186. The summed E-state index contributed by atoms with van der Waals surface area (Å²) >= 11 is 0. The van der Waals surface area contributed by atoms with E-state index in [1.807, 2.05) is 16.4 Å². The number of pyridine rings is 1. The largest absolute Gasteiger partial charge is 0.403 e. The van der Waals surface area contributed by atoms with Gasteiger partial charge in [0.25, 0.3) is 0 Å². The molecule has 0 saturated carbocycles. The summed E-state index contributed by atoms with van der Waals surface area (Å²) in [5, 5.41) is 8.88. The van der Waals surface area contributed by atoms with Gasteiger partial charge in [-0.1, -0.05) is 0 Å². The van der Waals surface area contributed by atoms with Gasteiger partial charge < -0.3 is 19.3 Å². The maximum absolute atomic E-state index is 13.2. The summed E-state index contributed by atoms with van der Waals surface area (Å²) in [4.78, 5) is 32.3. The molecule has 1 aromatic heterocycles. The summed E-state index contributed by atoms with van der Waals surface area (Å²) in [6.07, 6.45) is -5.63. The van der Waals surface area contributed by atoms with E-state index in [2.05, 4.69) is 10.4 Å². The van der Waals surface area contributed by atoms with Crippen molar-refractivity contribution in [1.82, 2.24) is 20.7 Å². The van der Waals surface area contributed by atoms with Gasteiger partial charge in [-0.15, -0.1) is 0 Å². The lowest BCUT2D eigenvalue weighted by Crippen LogP contribution is -2.60. The third-order valence-electron chi connectivity index (χ3n) is 5.84. The van der Waals surface area contributed by atoms with Gasteiger partial charge in [0.1, 0.15) is 11.9 Å². The van der Waals surface area contributed by atoms with Crippen LogP contribution in [0.2, 0.25) is 0 Å². The molecule has 2 amide bonds. The highest BCUT2D eigenvalue weighted by Gasteiger charge is 2.52. The van der Waals surface area contributed by atoms with Gasteiger partial charge in [0, 0.05) is 38.9 Å². The standard InChI is InChI=1S/C22H29F3N6O4/c1-14(34-13-15(2)35-17-12-28-29-21(33)20(17)22(23,24)25)9-19(32)31-7-5-30(6-8-31)18-4-3-16(10-26)11-27-18/h3-4,11,14-15,17,20,28H,5-9,12-13H2,1-2H3,(H,29,33)/t14-,15+,17?,20?/m1/s1. The first kappa shape index (κ1) is 26.7. The Morgan fingerprint density at radius 1 is 1.26 bits per heavy atom. The van der Waals surface area contributed by atoms with Crippen molar-refractivity contribution in [2.45, 2.75) is 44.8 Å². The molecule has 2 aliphatic heterocycles. The predicted octanol–water partition coefficient (Wildman–Crippen LogP) is 0.984. The van der Waals surface area contributed by atoms with E-state index in [4.69, 9.17) is 14.7 Å². The molecule has 2 fully saturated rings. The van der Waals surface area contributed by atoms with Crippen molar-refractivity contribution in [3.8, 4) is 6.07 Å². The number of amides is 2. The Kier molecular flexibility index (Phi) is 8.87. The fourth-order valence-corrected chi connectivity index (χ4v) is 3.98. The number of ether oxygens (including phenoxy) is 2. The molecule has 0 spiro atoms. The maximum atomic E-state index is 13.2. The van der Waals surface area contributed by atoms with E-state index < -0.39 is 36.3 Å². The average molecular weight is 499 g/mol. The number of carbonyl (C=O) groups excluding carboxylic acids is 2. The predicted molar refractivity (Wildman–Crippen MR) is 118 cm³/mol. The maximum Gasteiger partial charge on any atom is 0.403 e. The van der Waals surface area contributed by atoms with E-state index in [1.54, 1.807) is 30.9 Å². The third kappa shape index (κ3) is 7.27. The molecule has 2 N–H and O–H groups in total. The van der Waals surface area contributed by atoms with Gasteiger partial charge in [-0.2, -0.15) is 18.4 Å². The number of nitrogens with one attached hydrogen (secondary N) is 2. The van der Waals surface area contributed by atoms with E-state index in [1.165, 1.54) is 6.20 Å². The van der Waals surface area contributed by atoms with E-state index in [9.17, 15) is 22.8 Å². The van der Waals surface area contributed by atoms with E-state index in [-0.39, 0.29) is 25.5 Å². The fraction of sp³-hybridized carbons (Fsp3) is 0.636. The van der Waals surface area contributed by atoms with Crippen LogP contribution in [-0.2, 0) is 19.1 Å². The molecule has 0 aromatic carbocycles. The molecule has 0 radical (unpaired) electrons. The number of alkyl halides is 3. The molecule has 10 nitrogen and oxygen atoms in total. The molecule has 35 heavy (non-hydrogen) atoms. The van der Waals surface area contributed by atoms with Crippen molar-refractivity contribution in [1.29, 1.82) is 5.26 Å². The molecule has 4 atom stereocenters.